The molecule has 0 N–H and O–H groups in total. The van der Waals surface area contributed by atoms with Crippen LogP contribution in [0.3, 0.4) is 0 Å². The van der Waals surface area contributed by atoms with Crippen LogP contribution < -0.4 is 0 Å². The number of ether oxygens (including phenoxy) is 4. The van der Waals surface area contributed by atoms with Gasteiger partial charge in [0.2, 0.25) is 0 Å². The van der Waals surface area contributed by atoms with E-state index in [1.54, 1.807) is 5.57 Å². The van der Waals surface area contributed by atoms with Crippen LogP contribution in [0.15, 0.2) is 23.8 Å². The fraction of sp³-hybridized carbons (Fsp3) is 0.932. The summed E-state index contributed by atoms with van der Waals surface area (Å²) in [6, 6.07) is 0. The first-order valence-corrected chi connectivity index (χ1v) is 28.7. The largest absolute Gasteiger partial charge is 0.381 e. The van der Waals surface area contributed by atoms with Gasteiger partial charge in [-0.3, -0.25) is 0 Å². The first-order chi connectivity index (χ1) is 31.2. The molecule has 1 unspecified atom stereocenters. The molecule has 0 aromatic heterocycles. The molecule has 0 amide bonds. The Morgan fingerprint density at radius 1 is 0.672 bits per heavy atom. The first-order valence-electron chi connectivity index (χ1n) is 28.7. The summed E-state index contributed by atoms with van der Waals surface area (Å²) in [5.41, 5.74) is 2.73. The molecule has 5 heteroatoms. The smallest absolute Gasteiger partial charge is 0.0934 e. The van der Waals surface area contributed by atoms with Crippen LogP contribution in [-0.4, -0.2) is 76.4 Å². The number of nitrogens with zero attached hydrogens (tertiary/aromatic N) is 1. The molecule has 1 heterocycles. The van der Waals surface area contributed by atoms with E-state index in [1.807, 2.05) is 0 Å². The van der Waals surface area contributed by atoms with Gasteiger partial charge in [-0.15, -0.1) is 0 Å². The van der Waals surface area contributed by atoms with Gasteiger partial charge in [0, 0.05) is 39.6 Å². The zero-order valence-corrected chi connectivity index (χ0v) is 43.5. The third-order valence-corrected chi connectivity index (χ3v) is 17.8. The standard InChI is InChI=1S/C59H107NO4/c1-7-8-9-10-11-12-13-14-15-16-17-18-19-20-21-25-41-62-48-53(47-60-39-23-22-24-40-60)64-45-28-43-61-42-27-44-63-52-35-37-58(5)51(46-52)31-32-54-56-34-33-55(50(4)30-26-29-49(2)3)59(56,6)38-36-57(54)58/h14-15,31,49-50,52-57H,7-13,16-30,32-48H2,1-6H3/t50-,52+,53?,54+,55-,56+,57+,58+,59-/m1/s1. The SMILES string of the molecule is CCCCCCCCC=CCCCCCCCCOCC(CN1CCCCC1)OCCCOCCCO[C@H]1CC[C@@]2(C)C(=CC[C@H]3[C@@H]4CC[C@H]([C@H](C)CCCC(C)C)[C@@]4(C)CC[C@@H]32)C1. The van der Waals surface area contributed by atoms with Crippen molar-refractivity contribution < 1.29 is 18.9 Å². The summed E-state index contributed by atoms with van der Waals surface area (Å²) in [4.78, 5) is 2.60. The van der Waals surface area contributed by atoms with Crippen molar-refractivity contribution in [2.75, 3.05) is 59.3 Å². The van der Waals surface area contributed by atoms with Gasteiger partial charge >= 0.3 is 0 Å². The fourth-order valence-electron chi connectivity index (χ4n) is 14.0. The molecule has 5 nitrogen and oxygen atoms in total. The number of allylic oxidation sites excluding steroid dienone is 3. The van der Waals surface area contributed by atoms with E-state index in [-0.39, 0.29) is 6.10 Å². The van der Waals surface area contributed by atoms with E-state index in [4.69, 9.17) is 18.9 Å². The number of hydrogen-bond acceptors (Lipinski definition) is 5. The number of rotatable bonds is 35. The third kappa shape index (κ3) is 18.0. The van der Waals surface area contributed by atoms with Gasteiger partial charge in [0.15, 0.2) is 0 Å². The lowest BCUT2D eigenvalue weighted by Crippen LogP contribution is -2.51. The van der Waals surface area contributed by atoms with Gasteiger partial charge in [-0.1, -0.05) is 149 Å². The summed E-state index contributed by atoms with van der Waals surface area (Å²) in [6.07, 6.45) is 48.1. The van der Waals surface area contributed by atoms with Crippen molar-refractivity contribution >= 4 is 0 Å². The summed E-state index contributed by atoms with van der Waals surface area (Å²) < 4.78 is 25.3. The van der Waals surface area contributed by atoms with Crippen LogP contribution in [0.2, 0.25) is 0 Å². The molecule has 1 saturated heterocycles. The average Bonchev–Trinajstić information content (AvgIpc) is 3.65. The molecule has 0 bridgehead atoms. The Kier molecular flexibility index (Phi) is 26.0. The summed E-state index contributed by atoms with van der Waals surface area (Å²) in [6.45, 7) is 23.2. The number of unbranched alkanes of at least 4 members (excludes halogenated alkanes) is 12. The van der Waals surface area contributed by atoms with Gasteiger partial charge in [0.25, 0.3) is 0 Å². The van der Waals surface area contributed by atoms with Gasteiger partial charge < -0.3 is 23.8 Å². The number of hydrogen-bond donors (Lipinski definition) is 0. The highest BCUT2D eigenvalue weighted by atomic mass is 16.5. The molecule has 9 atom stereocenters. The molecule has 4 fully saturated rings. The van der Waals surface area contributed by atoms with Crippen molar-refractivity contribution in [1.82, 2.24) is 4.90 Å². The van der Waals surface area contributed by atoms with Crippen molar-refractivity contribution in [3.63, 3.8) is 0 Å². The van der Waals surface area contributed by atoms with Crippen LogP contribution in [0.4, 0.5) is 0 Å². The van der Waals surface area contributed by atoms with Gasteiger partial charge in [-0.25, -0.2) is 0 Å². The highest BCUT2D eigenvalue weighted by Gasteiger charge is 2.59. The Morgan fingerprint density at radius 2 is 1.36 bits per heavy atom. The Bertz CT molecular complexity index is 1260. The van der Waals surface area contributed by atoms with E-state index in [2.05, 4.69) is 64.7 Å². The number of likely N-dealkylation sites (tertiary alicyclic amines) is 1. The summed E-state index contributed by atoms with van der Waals surface area (Å²) in [5, 5.41) is 0. The van der Waals surface area contributed by atoms with Crippen LogP contribution in [0.25, 0.3) is 0 Å². The van der Waals surface area contributed by atoms with Crippen LogP contribution >= 0.6 is 0 Å². The molecule has 5 rings (SSSR count). The minimum atomic E-state index is 0.162. The number of piperidine rings is 1. The molecular formula is C59H107NO4. The second-order valence-electron chi connectivity index (χ2n) is 23.2. The highest BCUT2D eigenvalue weighted by Crippen LogP contribution is 2.67. The maximum Gasteiger partial charge on any atom is 0.0934 e. The maximum absolute atomic E-state index is 6.56. The lowest BCUT2D eigenvalue weighted by Gasteiger charge is -2.58. The lowest BCUT2D eigenvalue weighted by atomic mass is 9.47. The molecule has 0 spiro atoms. The Labute approximate surface area is 398 Å². The first kappa shape index (κ1) is 54.2. The van der Waals surface area contributed by atoms with E-state index >= 15 is 0 Å². The minimum absolute atomic E-state index is 0.162. The van der Waals surface area contributed by atoms with Crippen molar-refractivity contribution in [2.24, 2.45) is 46.3 Å². The minimum Gasteiger partial charge on any atom is -0.381 e. The second kappa shape index (κ2) is 30.7. The zero-order chi connectivity index (χ0) is 45.3. The van der Waals surface area contributed by atoms with Gasteiger partial charge in [-0.05, 0) is 169 Å². The Hall–Kier alpha value is -0.720. The molecular weight excluding hydrogens is 787 g/mol. The number of fused-ring (bicyclic) bond motifs is 5. The maximum atomic E-state index is 6.56. The van der Waals surface area contributed by atoms with E-state index < -0.39 is 0 Å². The molecule has 5 aliphatic rings. The zero-order valence-electron chi connectivity index (χ0n) is 43.5. The predicted molar refractivity (Wildman–Crippen MR) is 273 cm³/mol. The van der Waals surface area contributed by atoms with Crippen LogP contribution in [-0.2, 0) is 18.9 Å². The molecule has 0 aromatic carbocycles. The van der Waals surface area contributed by atoms with E-state index in [0.29, 0.717) is 16.9 Å². The molecule has 0 aromatic rings. The van der Waals surface area contributed by atoms with Crippen LogP contribution in [0.1, 0.15) is 234 Å². The van der Waals surface area contributed by atoms with E-state index in [0.717, 1.165) is 101 Å². The average molecular weight is 895 g/mol. The monoisotopic (exact) mass is 894 g/mol. The predicted octanol–water partition coefficient (Wildman–Crippen LogP) is 16.1. The summed E-state index contributed by atoms with van der Waals surface area (Å²) >= 11 is 0. The molecule has 372 valence electrons. The molecule has 64 heavy (non-hydrogen) atoms. The Morgan fingerprint density at radius 3 is 2.09 bits per heavy atom. The van der Waals surface area contributed by atoms with E-state index in [9.17, 15) is 0 Å². The third-order valence-electron chi connectivity index (χ3n) is 17.8. The Balaban J connectivity index is 0.880. The molecule has 3 saturated carbocycles. The van der Waals surface area contributed by atoms with Crippen molar-refractivity contribution in [3.05, 3.63) is 23.8 Å². The second-order valence-corrected chi connectivity index (χ2v) is 23.2. The van der Waals surface area contributed by atoms with Crippen LogP contribution in [0.5, 0.6) is 0 Å². The topological polar surface area (TPSA) is 40.2 Å². The summed E-state index contributed by atoms with van der Waals surface area (Å²) in [5.74, 6) is 5.41. The summed E-state index contributed by atoms with van der Waals surface area (Å²) in [7, 11) is 0. The van der Waals surface area contributed by atoms with Gasteiger partial charge in [0.1, 0.15) is 0 Å². The normalized spacial score (nSPS) is 29.5. The van der Waals surface area contributed by atoms with Crippen molar-refractivity contribution in [3.8, 4) is 0 Å². The molecule has 1 aliphatic heterocycles. The fourth-order valence-corrected chi connectivity index (χ4v) is 14.0. The lowest BCUT2D eigenvalue weighted by molar-refractivity contribution is -0.0651. The van der Waals surface area contributed by atoms with Gasteiger partial charge in [-0.2, -0.15) is 0 Å². The van der Waals surface area contributed by atoms with Crippen LogP contribution in [0, 0.1) is 46.3 Å². The van der Waals surface area contributed by atoms with Gasteiger partial charge in [0.05, 0.1) is 18.8 Å². The van der Waals surface area contributed by atoms with Crippen molar-refractivity contribution in [1.29, 1.82) is 0 Å². The molecule has 0 radical (unpaired) electrons. The van der Waals surface area contributed by atoms with E-state index in [1.165, 1.54) is 186 Å². The van der Waals surface area contributed by atoms with Crippen molar-refractivity contribution in [2.45, 2.75) is 246 Å². The molecule has 4 aliphatic carbocycles. The quantitative estimate of drug-likeness (QED) is 0.0468. The highest BCUT2D eigenvalue weighted by molar-refractivity contribution is 5.25.